The standard InChI is InChI=1S/C19H20N6O2/c1-12-3-4-14(9-20-12)18(26)23-16-7-8-25(11-16)17-6-5-15(10-21-17)19-22-13(2)24-27-19/h3-6,9-10,16H,7-8,11H2,1-2H3,(H,23,26)/t16-/m1/s1. The van der Waals surface area contributed by atoms with E-state index in [4.69, 9.17) is 4.52 Å². The Labute approximate surface area is 156 Å². The maximum atomic E-state index is 12.4. The molecule has 1 N–H and O–H groups in total. The summed E-state index contributed by atoms with van der Waals surface area (Å²) in [7, 11) is 0. The van der Waals surface area contributed by atoms with Gasteiger partial charge in [0.25, 0.3) is 11.8 Å². The fourth-order valence-corrected chi connectivity index (χ4v) is 3.07. The molecule has 1 atom stereocenters. The van der Waals surface area contributed by atoms with E-state index in [2.05, 4.69) is 30.3 Å². The van der Waals surface area contributed by atoms with Crippen LogP contribution < -0.4 is 10.2 Å². The molecule has 1 aliphatic rings. The Hall–Kier alpha value is -3.29. The third kappa shape index (κ3) is 3.79. The number of pyridine rings is 2. The largest absolute Gasteiger partial charge is 0.354 e. The van der Waals surface area contributed by atoms with Crippen LogP contribution in [0.4, 0.5) is 5.82 Å². The molecule has 27 heavy (non-hydrogen) atoms. The van der Waals surface area contributed by atoms with Gasteiger partial charge in [-0.3, -0.25) is 9.78 Å². The van der Waals surface area contributed by atoms with E-state index in [1.807, 2.05) is 25.1 Å². The van der Waals surface area contributed by atoms with E-state index in [0.29, 0.717) is 17.3 Å². The van der Waals surface area contributed by atoms with E-state index < -0.39 is 0 Å². The molecule has 0 unspecified atom stereocenters. The molecular weight excluding hydrogens is 344 g/mol. The zero-order valence-electron chi connectivity index (χ0n) is 15.2. The van der Waals surface area contributed by atoms with E-state index in [1.54, 1.807) is 25.4 Å². The molecular formula is C19H20N6O2. The van der Waals surface area contributed by atoms with Gasteiger partial charge in [0.05, 0.1) is 11.1 Å². The van der Waals surface area contributed by atoms with Crippen molar-refractivity contribution < 1.29 is 9.32 Å². The maximum Gasteiger partial charge on any atom is 0.259 e. The Morgan fingerprint density at radius 2 is 2.07 bits per heavy atom. The Bertz CT molecular complexity index is 936. The molecule has 0 saturated carbocycles. The second-order valence-electron chi connectivity index (χ2n) is 6.65. The minimum absolute atomic E-state index is 0.0823. The van der Waals surface area contributed by atoms with Gasteiger partial charge in [0.15, 0.2) is 5.82 Å². The van der Waals surface area contributed by atoms with Crippen LogP contribution in [-0.4, -0.2) is 45.1 Å². The van der Waals surface area contributed by atoms with Crippen LogP contribution in [0, 0.1) is 13.8 Å². The number of aromatic nitrogens is 4. The van der Waals surface area contributed by atoms with E-state index in [-0.39, 0.29) is 11.9 Å². The number of nitrogens with one attached hydrogen (secondary N) is 1. The zero-order valence-corrected chi connectivity index (χ0v) is 15.2. The Morgan fingerprint density at radius 3 is 2.74 bits per heavy atom. The lowest BCUT2D eigenvalue weighted by Crippen LogP contribution is -2.37. The number of rotatable bonds is 4. The SMILES string of the molecule is Cc1ccc(C(=O)N[C@@H]2CCN(c3ccc(-c4nc(C)no4)cn3)C2)cn1. The number of hydrogen-bond donors (Lipinski definition) is 1. The van der Waals surface area contributed by atoms with Crippen LogP contribution in [0.15, 0.2) is 41.2 Å². The van der Waals surface area contributed by atoms with Gasteiger partial charge in [0, 0.05) is 37.2 Å². The van der Waals surface area contributed by atoms with Gasteiger partial charge in [-0.15, -0.1) is 0 Å². The summed E-state index contributed by atoms with van der Waals surface area (Å²) in [5.41, 5.74) is 2.26. The van der Waals surface area contributed by atoms with Gasteiger partial charge in [0.2, 0.25) is 0 Å². The Balaban J connectivity index is 1.37. The monoisotopic (exact) mass is 364 g/mol. The Morgan fingerprint density at radius 1 is 1.19 bits per heavy atom. The Kier molecular flexibility index (Phi) is 4.53. The average Bonchev–Trinajstić information content (AvgIpc) is 3.31. The fourth-order valence-electron chi connectivity index (χ4n) is 3.07. The topological polar surface area (TPSA) is 97.0 Å². The zero-order chi connectivity index (χ0) is 18.8. The van der Waals surface area contributed by atoms with Gasteiger partial charge in [0.1, 0.15) is 5.82 Å². The quantitative estimate of drug-likeness (QED) is 0.757. The van der Waals surface area contributed by atoms with E-state index in [9.17, 15) is 4.79 Å². The molecule has 1 aliphatic heterocycles. The molecule has 4 rings (SSSR count). The van der Waals surface area contributed by atoms with Crippen LogP contribution in [0.25, 0.3) is 11.5 Å². The second kappa shape index (κ2) is 7.14. The van der Waals surface area contributed by atoms with Crippen LogP contribution in [0.5, 0.6) is 0 Å². The smallest absolute Gasteiger partial charge is 0.259 e. The molecule has 138 valence electrons. The summed E-state index contributed by atoms with van der Waals surface area (Å²) in [4.78, 5) is 27.4. The lowest BCUT2D eigenvalue weighted by Gasteiger charge is -2.18. The van der Waals surface area contributed by atoms with Crippen molar-refractivity contribution in [3.05, 3.63) is 53.7 Å². The highest BCUT2D eigenvalue weighted by Crippen LogP contribution is 2.22. The summed E-state index contributed by atoms with van der Waals surface area (Å²) in [6.45, 7) is 5.23. The van der Waals surface area contributed by atoms with Gasteiger partial charge in [-0.2, -0.15) is 4.98 Å². The molecule has 0 aliphatic carbocycles. The molecule has 0 bridgehead atoms. The lowest BCUT2D eigenvalue weighted by molar-refractivity contribution is 0.0940. The fraction of sp³-hybridized carbons (Fsp3) is 0.316. The molecule has 1 amide bonds. The second-order valence-corrected chi connectivity index (χ2v) is 6.65. The number of anilines is 1. The molecule has 4 heterocycles. The normalized spacial score (nSPS) is 16.5. The maximum absolute atomic E-state index is 12.4. The van der Waals surface area contributed by atoms with E-state index >= 15 is 0 Å². The van der Waals surface area contributed by atoms with Gasteiger partial charge < -0.3 is 14.7 Å². The van der Waals surface area contributed by atoms with Crippen LogP contribution in [-0.2, 0) is 0 Å². The average molecular weight is 364 g/mol. The number of amides is 1. The highest BCUT2D eigenvalue weighted by molar-refractivity contribution is 5.94. The predicted molar refractivity (Wildman–Crippen MR) is 99.3 cm³/mol. The lowest BCUT2D eigenvalue weighted by atomic mass is 10.2. The summed E-state index contributed by atoms with van der Waals surface area (Å²) in [6.07, 6.45) is 4.21. The van der Waals surface area contributed by atoms with E-state index in [1.165, 1.54) is 0 Å². The molecule has 0 radical (unpaired) electrons. The van der Waals surface area contributed by atoms with Crippen molar-refractivity contribution in [1.82, 2.24) is 25.4 Å². The molecule has 8 heteroatoms. The first-order valence-corrected chi connectivity index (χ1v) is 8.84. The van der Waals surface area contributed by atoms with Crippen molar-refractivity contribution in [3.63, 3.8) is 0 Å². The molecule has 3 aromatic heterocycles. The number of nitrogens with zero attached hydrogens (tertiary/aromatic N) is 5. The summed E-state index contributed by atoms with van der Waals surface area (Å²) in [6, 6.07) is 7.57. The third-order valence-electron chi connectivity index (χ3n) is 4.54. The van der Waals surface area contributed by atoms with Crippen molar-refractivity contribution >= 4 is 11.7 Å². The number of hydrogen-bond acceptors (Lipinski definition) is 7. The van der Waals surface area contributed by atoms with Crippen LogP contribution in [0.2, 0.25) is 0 Å². The highest BCUT2D eigenvalue weighted by Gasteiger charge is 2.25. The van der Waals surface area contributed by atoms with Gasteiger partial charge in [-0.25, -0.2) is 4.98 Å². The number of aryl methyl sites for hydroxylation is 2. The number of carbonyl (C=O) groups is 1. The molecule has 1 fully saturated rings. The highest BCUT2D eigenvalue weighted by atomic mass is 16.5. The third-order valence-corrected chi connectivity index (χ3v) is 4.54. The minimum Gasteiger partial charge on any atom is -0.354 e. The first-order valence-electron chi connectivity index (χ1n) is 8.84. The van der Waals surface area contributed by atoms with Crippen LogP contribution in [0.3, 0.4) is 0 Å². The van der Waals surface area contributed by atoms with E-state index in [0.717, 1.165) is 36.6 Å². The summed E-state index contributed by atoms with van der Waals surface area (Å²) in [5, 5.41) is 6.86. The predicted octanol–water partition coefficient (Wildman–Crippen LogP) is 2.15. The summed E-state index contributed by atoms with van der Waals surface area (Å²) in [5.74, 6) is 1.83. The van der Waals surface area contributed by atoms with Crippen LogP contribution in [0.1, 0.15) is 28.3 Å². The molecule has 0 spiro atoms. The van der Waals surface area contributed by atoms with Crippen molar-refractivity contribution in [2.45, 2.75) is 26.3 Å². The number of carbonyl (C=O) groups excluding carboxylic acids is 1. The van der Waals surface area contributed by atoms with Crippen molar-refractivity contribution in [2.24, 2.45) is 0 Å². The first-order chi connectivity index (χ1) is 13.1. The van der Waals surface area contributed by atoms with Gasteiger partial charge in [-0.1, -0.05) is 5.16 Å². The molecule has 3 aromatic rings. The molecule has 8 nitrogen and oxygen atoms in total. The molecule has 1 saturated heterocycles. The van der Waals surface area contributed by atoms with Crippen molar-refractivity contribution in [2.75, 3.05) is 18.0 Å². The van der Waals surface area contributed by atoms with Crippen molar-refractivity contribution in [1.29, 1.82) is 0 Å². The minimum atomic E-state index is -0.0931. The van der Waals surface area contributed by atoms with Crippen LogP contribution >= 0.6 is 0 Å². The van der Waals surface area contributed by atoms with Crippen molar-refractivity contribution in [3.8, 4) is 11.5 Å². The van der Waals surface area contributed by atoms with Gasteiger partial charge >= 0.3 is 0 Å². The molecule has 0 aromatic carbocycles. The first kappa shape index (κ1) is 17.1. The summed E-state index contributed by atoms with van der Waals surface area (Å²) < 4.78 is 5.16. The summed E-state index contributed by atoms with van der Waals surface area (Å²) >= 11 is 0. The van der Waals surface area contributed by atoms with Gasteiger partial charge in [-0.05, 0) is 44.5 Å².